The van der Waals surface area contributed by atoms with E-state index in [1.807, 2.05) is 41.8 Å². The molecule has 0 saturated carbocycles. The maximum Gasteiger partial charge on any atom is 0.220 e. The summed E-state index contributed by atoms with van der Waals surface area (Å²) in [5.41, 5.74) is 2.24. The van der Waals surface area contributed by atoms with Crippen molar-refractivity contribution < 1.29 is 9.53 Å². The first-order valence-corrected chi connectivity index (χ1v) is 11.4. The van der Waals surface area contributed by atoms with Gasteiger partial charge in [0.15, 0.2) is 17.4 Å². The molecule has 8 heteroatoms. The molecular weight excluding hydrogens is 404 g/mol. The van der Waals surface area contributed by atoms with E-state index >= 15 is 0 Å². The molecule has 3 N–H and O–H groups in total. The van der Waals surface area contributed by atoms with Crippen LogP contribution in [0.3, 0.4) is 0 Å². The van der Waals surface area contributed by atoms with Crippen LogP contribution in [0, 0.1) is 5.41 Å². The van der Waals surface area contributed by atoms with Gasteiger partial charge in [0, 0.05) is 31.6 Å². The summed E-state index contributed by atoms with van der Waals surface area (Å²) in [4.78, 5) is 24.4. The highest BCUT2D eigenvalue weighted by molar-refractivity contribution is 5.76. The molecule has 0 radical (unpaired) electrons. The number of hydrogen-bond acceptors (Lipinski definition) is 5. The van der Waals surface area contributed by atoms with Gasteiger partial charge in [-0.3, -0.25) is 14.8 Å². The van der Waals surface area contributed by atoms with Gasteiger partial charge in [-0.05, 0) is 6.42 Å². The zero-order chi connectivity index (χ0) is 22.9. The van der Waals surface area contributed by atoms with Crippen LogP contribution >= 0.6 is 0 Å². The van der Waals surface area contributed by atoms with Gasteiger partial charge in [-0.1, -0.05) is 69.9 Å². The molecular formula is C24H34N6O2. The molecule has 0 spiro atoms. The van der Waals surface area contributed by atoms with Gasteiger partial charge in [-0.2, -0.15) is 0 Å². The third-order valence-corrected chi connectivity index (χ3v) is 5.64. The van der Waals surface area contributed by atoms with Crippen molar-refractivity contribution in [1.29, 1.82) is 5.41 Å². The number of hydrogen-bond donors (Lipinski definition) is 3. The van der Waals surface area contributed by atoms with Crippen molar-refractivity contribution in [1.82, 2.24) is 24.8 Å². The Labute approximate surface area is 189 Å². The fraction of sp³-hybridized carbons (Fsp3) is 0.500. The van der Waals surface area contributed by atoms with Crippen LogP contribution in [0.2, 0.25) is 0 Å². The Morgan fingerprint density at radius 3 is 2.69 bits per heavy atom. The highest BCUT2D eigenvalue weighted by atomic mass is 16.5. The van der Waals surface area contributed by atoms with E-state index in [1.165, 1.54) is 19.3 Å². The maximum absolute atomic E-state index is 12.2. The van der Waals surface area contributed by atoms with E-state index in [0.717, 1.165) is 18.4 Å². The number of carbonyl (C=O) groups is 1. The van der Waals surface area contributed by atoms with Gasteiger partial charge in [0.05, 0.1) is 0 Å². The lowest BCUT2D eigenvalue weighted by Gasteiger charge is -2.19. The van der Waals surface area contributed by atoms with E-state index in [0.29, 0.717) is 30.0 Å². The van der Waals surface area contributed by atoms with E-state index in [1.54, 1.807) is 13.4 Å². The molecule has 0 bridgehead atoms. The summed E-state index contributed by atoms with van der Waals surface area (Å²) in [6.45, 7) is 4.68. The Morgan fingerprint density at radius 1 is 1.22 bits per heavy atom. The van der Waals surface area contributed by atoms with Crippen LogP contribution in [0.4, 0.5) is 0 Å². The zero-order valence-corrected chi connectivity index (χ0v) is 19.2. The minimum Gasteiger partial charge on any atom is -0.357 e. The van der Waals surface area contributed by atoms with Crippen LogP contribution in [-0.4, -0.2) is 39.1 Å². The van der Waals surface area contributed by atoms with Crippen molar-refractivity contribution >= 4 is 17.1 Å². The number of carbonyl (C=O) groups excluding carboxylic acids is 1. The Bertz CT molecular complexity index is 1060. The quantitative estimate of drug-likeness (QED) is 0.371. The molecule has 0 aliphatic rings. The summed E-state index contributed by atoms with van der Waals surface area (Å²) >= 11 is 0. The van der Waals surface area contributed by atoms with Gasteiger partial charge in [-0.15, -0.1) is 0 Å². The van der Waals surface area contributed by atoms with Crippen molar-refractivity contribution in [2.24, 2.45) is 0 Å². The topological polar surface area (TPSA) is 109 Å². The second kappa shape index (κ2) is 11.6. The fourth-order valence-electron chi connectivity index (χ4n) is 3.75. The maximum atomic E-state index is 12.2. The zero-order valence-electron chi connectivity index (χ0n) is 19.2. The average Bonchev–Trinajstić information content (AvgIpc) is 3.27. The number of nitrogens with one attached hydrogen (secondary N) is 3. The summed E-state index contributed by atoms with van der Waals surface area (Å²) < 4.78 is 7.56. The summed E-state index contributed by atoms with van der Waals surface area (Å²) in [5, 5.41) is 11.2. The van der Waals surface area contributed by atoms with Crippen molar-refractivity contribution in [3.05, 3.63) is 53.5 Å². The number of amides is 1. The molecule has 32 heavy (non-hydrogen) atoms. The Kier molecular flexibility index (Phi) is 8.56. The van der Waals surface area contributed by atoms with Crippen LogP contribution in [0.1, 0.15) is 75.9 Å². The van der Waals surface area contributed by atoms with Gasteiger partial charge in [0.1, 0.15) is 17.7 Å². The van der Waals surface area contributed by atoms with E-state index in [9.17, 15) is 4.79 Å². The van der Waals surface area contributed by atoms with Gasteiger partial charge in [0.2, 0.25) is 5.91 Å². The number of imidazole rings is 1. The number of methoxy groups -OCH3 is 1. The Hall–Kier alpha value is -3.00. The minimum absolute atomic E-state index is 0.0305. The van der Waals surface area contributed by atoms with Crippen molar-refractivity contribution in [2.75, 3.05) is 13.7 Å². The largest absolute Gasteiger partial charge is 0.357 e. The fourth-order valence-corrected chi connectivity index (χ4v) is 3.75. The average molecular weight is 439 g/mol. The molecule has 1 aromatic carbocycles. The molecule has 0 saturated heterocycles. The third-order valence-electron chi connectivity index (χ3n) is 5.64. The van der Waals surface area contributed by atoms with Crippen LogP contribution in [0.25, 0.3) is 11.2 Å². The molecule has 2 unspecified atom stereocenters. The number of unbranched alkanes of at least 4 members (excludes halogenated alkanes) is 4. The van der Waals surface area contributed by atoms with Crippen LogP contribution in [0.5, 0.6) is 0 Å². The first-order valence-electron chi connectivity index (χ1n) is 11.4. The number of ether oxygens (including phenoxy) is 1. The molecule has 2 atom stereocenters. The van der Waals surface area contributed by atoms with Gasteiger partial charge in [0.25, 0.3) is 0 Å². The number of aromatic amines is 1. The van der Waals surface area contributed by atoms with Crippen molar-refractivity contribution in [2.45, 2.75) is 64.5 Å². The van der Waals surface area contributed by atoms with E-state index in [4.69, 9.17) is 15.1 Å². The standard InChI is InChI=1S/C24H34N6O2/c1-4-5-6-7-11-14-19(31)26-15-17(2)22-28-20-21(25)27-16-30(23(20)29-22)24(32-3)18-12-9-8-10-13-18/h8-10,12-13,16-17,24-25H,4-7,11,14-15H2,1-3H3,(H,26,31)(H,28,29). The second-order valence-corrected chi connectivity index (χ2v) is 8.19. The van der Waals surface area contributed by atoms with E-state index < -0.39 is 6.23 Å². The molecule has 0 aliphatic heterocycles. The number of fused-ring (bicyclic) bond motifs is 1. The van der Waals surface area contributed by atoms with E-state index in [-0.39, 0.29) is 17.3 Å². The SMILES string of the molecule is CCCCCCCC(=O)NCC(C)c1nc2c([nH]1)c(=N)ncn2C(OC)c1ccccc1. The molecule has 2 heterocycles. The molecule has 3 aromatic rings. The highest BCUT2D eigenvalue weighted by Crippen LogP contribution is 2.23. The summed E-state index contributed by atoms with van der Waals surface area (Å²) in [6.07, 6.45) is 7.38. The smallest absolute Gasteiger partial charge is 0.220 e. The summed E-state index contributed by atoms with van der Waals surface area (Å²) in [6, 6.07) is 9.83. The molecule has 1 amide bonds. The predicted molar refractivity (Wildman–Crippen MR) is 124 cm³/mol. The summed E-state index contributed by atoms with van der Waals surface area (Å²) in [5.74, 6) is 0.754. The van der Waals surface area contributed by atoms with Crippen LogP contribution < -0.4 is 10.8 Å². The number of benzene rings is 1. The normalized spacial score (nSPS) is 13.2. The molecule has 2 aromatic heterocycles. The van der Waals surface area contributed by atoms with Gasteiger partial charge >= 0.3 is 0 Å². The molecule has 0 aliphatic carbocycles. The lowest BCUT2D eigenvalue weighted by Crippen LogP contribution is -2.27. The molecule has 172 valence electrons. The number of rotatable bonds is 12. The molecule has 0 fully saturated rings. The third kappa shape index (κ3) is 5.82. The van der Waals surface area contributed by atoms with E-state index in [2.05, 4.69) is 22.2 Å². The van der Waals surface area contributed by atoms with Crippen LogP contribution in [0.15, 0.2) is 36.7 Å². The minimum atomic E-state index is -0.411. The number of aromatic nitrogens is 4. The molecule has 8 nitrogen and oxygen atoms in total. The van der Waals surface area contributed by atoms with Crippen molar-refractivity contribution in [3.8, 4) is 0 Å². The van der Waals surface area contributed by atoms with Gasteiger partial charge in [-0.25, -0.2) is 9.97 Å². The molecule has 3 rings (SSSR count). The predicted octanol–water partition coefficient (Wildman–Crippen LogP) is 4.01. The highest BCUT2D eigenvalue weighted by Gasteiger charge is 2.20. The lowest BCUT2D eigenvalue weighted by atomic mass is 10.1. The van der Waals surface area contributed by atoms with Crippen LogP contribution in [-0.2, 0) is 9.53 Å². The lowest BCUT2D eigenvalue weighted by molar-refractivity contribution is -0.121. The Balaban J connectivity index is 1.72. The first-order chi connectivity index (χ1) is 15.5. The van der Waals surface area contributed by atoms with Crippen molar-refractivity contribution in [3.63, 3.8) is 0 Å². The first kappa shape index (κ1) is 23.7. The Morgan fingerprint density at radius 2 is 1.97 bits per heavy atom. The summed E-state index contributed by atoms with van der Waals surface area (Å²) in [7, 11) is 1.64. The second-order valence-electron chi connectivity index (χ2n) is 8.19. The van der Waals surface area contributed by atoms with Gasteiger partial charge < -0.3 is 15.0 Å². The number of nitrogens with zero attached hydrogens (tertiary/aromatic N) is 3. The monoisotopic (exact) mass is 438 g/mol. The number of H-pyrrole nitrogens is 1.